The molecule has 0 unspecified atom stereocenters. The molecule has 0 aliphatic rings. The number of hydrogen-bond acceptors (Lipinski definition) is 5. The lowest BCUT2D eigenvalue weighted by molar-refractivity contribution is 0.0682. The van der Waals surface area contributed by atoms with Gasteiger partial charge in [0.25, 0.3) is 5.91 Å². The number of amides is 1. The van der Waals surface area contributed by atoms with Crippen molar-refractivity contribution in [3.63, 3.8) is 0 Å². The Morgan fingerprint density at radius 3 is 1.79 bits per heavy atom. The van der Waals surface area contributed by atoms with Gasteiger partial charge in [0.1, 0.15) is 6.61 Å². The van der Waals surface area contributed by atoms with Crippen LogP contribution in [0, 0.1) is 13.8 Å². The number of carbonyl (C=O) groups excluding carboxylic acids is 1. The van der Waals surface area contributed by atoms with E-state index in [0.717, 1.165) is 27.9 Å². The molecule has 0 heterocycles. The number of rotatable bonds is 10. The number of hydrogen-bond donors (Lipinski definition) is 4. The Balaban J connectivity index is 1.31. The molecule has 1 amide bonds. The molecule has 4 aromatic carbocycles. The molecule has 0 saturated heterocycles. The van der Waals surface area contributed by atoms with Crippen LogP contribution >= 0.6 is 0 Å². The van der Waals surface area contributed by atoms with Gasteiger partial charge in [-0.3, -0.25) is 15.1 Å². The molecular formula is C31H28N2O6. The molecule has 0 atom stereocenters. The standard InChI is InChI=1S/C31H28N2O6/c1-19-3-9-23(27(15-19)30(35)36)18-39-33-25-12-7-22(8-13-25)17-21-5-10-24(11-6-21)32-29(34)26-14-4-20(2)16-28(26)31(37)38/h3-16,33H,17-18H2,1-2H3,(H,32,34)(H,35,36)(H,37,38). The summed E-state index contributed by atoms with van der Waals surface area (Å²) >= 11 is 0. The van der Waals surface area contributed by atoms with E-state index in [1.165, 1.54) is 12.1 Å². The first kappa shape index (κ1) is 27.1. The number of aryl methyl sites for hydroxylation is 2. The second kappa shape index (κ2) is 12.1. The molecule has 0 fully saturated rings. The van der Waals surface area contributed by atoms with E-state index in [9.17, 15) is 24.6 Å². The zero-order valence-corrected chi connectivity index (χ0v) is 21.5. The molecule has 0 saturated carbocycles. The fourth-order valence-electron chi connectivity index (χ4n) is 4.08. The number of anilines is 2. The van der Waals surface area contributed by atoms with Crippen LogP contribution in [0.3, 0.4) is 0 Å². The van der Waals surface area contributed by atoms with E-state index in [0.29, 0.717) is 17.7 Å². The number of carboxylic acid groups (broad SMARTS) is 2. The molecule has 198 valence electrons. The highest BCUT2D eigenvalue weighted by molar-refractivity contribution is 6.10. The summed E-state index contributed by atoms with van der Waals surface area (Å²) < 4.78 is 0. The van der Waals surface area contributed by atoms with Crippen molar-refractivity contribution in [2.24, 2.45) is 0 Å². The quantitative estimate of drug-likeness (QED) is 0.185. The van der Waals surface area contributed by atoms with Crippen LogP contribution < -0.4 is 10.8 Å². The molecule has 0 aliphatic carbocycles. The lowest BCUT2D eigenvalue weighted by Crippen LogP contribution is -2.16. The van der Waals surface area contributed by atoms with Gasteiger partial charge < -0.3 is 15.5 Å². The van der Waals surface area contributed by atoms with Gasteiger partial charge in [0.2, 0.25) is 0 Å². The van der Waals surface area contributed by atoms with Crippen LogP contribution in [0.2, 0.25) is 0 Å². The van der Waals surface area contributed by atoms with Gasteiger partial charge in [-0.2, -0.15) is 0 Å². The summed E-state index contributed by atoms with van der Waals surface area (Å²) in [6.07, 6.45) is 0.668. The zero-order chi connectivity index (χ0) is 27.9. The van der Waals surface area contributed by atoms with Crippen LogP contribution in [0.4, 0.5) is 11.4 Å². The third kappa shape index (κ3) is 7.09. The zero-order valence-electron chi connectivity index (χ0n) is 21.5. The van der Waals surface area contributed by atoms with E-state index in [2.05, 4.69) is 10.8 Å². The maximum atomic E-state index is 12.7. The minimum atomic E-state index is -1.15. The summed E-state index contributed by atoms with van der Waals surface area (Å²) in [5, 5.41) is 21.6. The van der Waals surface area contributed by atoms with Gasteiger partial charge in [-0.25, -0.2) is 9.59 Å². The van der Waals surface area contributed by atoms with E-state index in [1.54, 1.807) is 37.3 Å². The number of benzene rings is 4. The first-order chi connectivity index (χ1) is 18.7. The highest BCUT2D eigenvalue weighted by Crippen LogP contribution is 2.19. The molecule has 4 rings (SSSR count). The minimum Gasteiger partial charge on any atom is -0.478 e. The summed E-state index contributed by atoms with van der Waals surface area (Å²) in [5.74, 6) is -2.62. The van der Waals surface area contributed by atoms with E-state index < -0.39 is 17.8 Å². The average Bonchev–Trinajstić information content (AvgIpc) is 2.91. The van der Waals surface area contributed by atoms with E-state index in [-0.39, 0.29) is 23.3 Å². The van der Waals surface area contributed by atoms with Crippen molar-refractivity contribution in [1.82, 2.24) is 0 Å². The summed E-state index contributed by atoms with van der Waals surface area (Å²) in [5.41, 5.74) is 8.76. The van der Waals surface area contributed by atoms with Crippen molar-refractivity contribution >= 4 is 29.2 Å². The molecule has 0 aromatic heterocycles. The normalized spacial score (nSPS) is 10.6. The van der Waals surface area contributed by atoms with Crippen LogP contribution in [-0.4, -0.2) is 28.1 Å². The number of carboxylic acids is 2. The van der Waals surface area contributed by atoms with Crippen LogP contribution in [0.15, 0.2) is 84.9 Å². The van der Waals surface area contributed by atoms with Gasteiger partial charge in [0.15, 0.2) is 0 Å². The van der Waals surface area contributed by atoms with Crippen LogP contribution in [0.5, 0.6) is 0 Å². The Labute approximate surface area is 225 Å². The molecule has 8 nitrogen and oxygen atoms in total. The lowest BCUT2D eigenvalue weighted by atomic mass is 10.0. The fourth-order valence-corrected chi connectivity index (χ4v) is 4.08. The van der Waals surface area contributed by atoms with Crippen LogP contribution in [0.25, 0.3) is 0 Å². The molecular weight excluding hydrogens is 496 g/mol. The molecule has 0 radical (unpaired) electrons. The Morgan fingerprint density at radius 2 is 1.21 bits per heavy atom. The van der Waals surface area contributed by atoms with Crippen molar-refractivity contribution in [2.75, 3.05) is 10.8 Å². The maximum Gasteiger partial charge on any atom is 0.336 e. The summed E-state index contributed by atoms with van der Waals surface area (Å²) in [4.78, 5) is 41.1. The largest absolute Gasteiger partial charge is 0.478 e. The van der Waals surface area contributed by atoms with Gasteiger partial charge in [-0.15, -0.1) is 0 Å². The molecule has 8 heteroatoms. The topological polar surface area (TPSA) is 125 Å². The van der Waals surface area contributed by atoms with Gasteiger partial charge in [0.05, 0.1) is 22.4 Å². The smallest absolute Gasteiger partial charge is 0.336 e. The third-order valence-corrected chi connectivity index (χ3v) is 6.14. The van der Waals surface area contributed by atoms with E-state index >= 15 is 0 Å². The summed E-state index contributed by atoms with van der Waals surface area (Å²) in [7, 11) is 0. The van der Waals surface area contributed by atoms with Crippen molar-refractivity contribution in [3.05, 3.63) is 129 Å². The number of aromatic carboxylic acids is 2. The highest BCUT2D eigenvalue weighted by atomic mass is 16.6. The first-order valence-corrected chi connectivity index (χ1v) is 12.2. The van der Waals surface area contributed by atoms with Gasteiger partial charge >= 0.3 is 11.9 Å². The van der Waals surface area contributed by atoms with Crippen molar-refractivity contribution in [2.45, 2.75) is 26.9 Å². The molecule has 4 aromatic rings. The highest BCUT2D eigenvalue weighted by Gasteiger charge is 2.17. The van der Waals surface area contributed by atoms with Gasteiger partial charge in [0, 0.05) is 5.69 Å². The number of carbonyl (C=O) groups is 3. The first-order valence-electron chi connectivity index (χ1n) is 12.2. The molecule has 0 spiro atoms. The van der Waals surface area contributed by atoms with Gasteiger partial charge in [-0.1, -0.05) is 53.6 Å². The number of nitrogens with one attached hydrogen (secondary N) is 2. The van der Waals surface area contributed by atoms with Gasteiger partial charge in [-0.05, 0) is 79.4 Å². The summed E-state index contributed by atoms with van der Waals surface area (Å²) in [6, 6.07) is 24.9. The van der Waals surface area contributed by atoms with Crippen molar-refractivity contribution in [1.29, 1.82) is 0 Å². The second-order valence-corrected chi connectivity index (χ2v) is 9.24. The second-order valence-electron chi connectivity index (χ2n) is 9.24. The van der Waals surface area contributed by atoms with Crippen molar-refractivity contribution < 1.29 is 29.4 Å². The lowest BCUT2D eigenvalue weighted by Gasteiger charge is -2.11. The monoisotopic (exact) mass is 524 g/mol. The van der Waals surface area contributed by atoms with Crippen LogP contribution in [-0.2, 0) is 17.9 Å². The Bertz CT molecular complexity index is 1510. The average molecular weight is 525 g/mol. The SMILES string of the molecule is Cc1ccc(CONc2ccc(Cc3ccc(NC(=O)c4ccc(C)cc4C(=O)O)cc3)cc2)c(C(=O)O)c1. The fraction of sp³-hybridized carbons (Fsp3) is 0.129. The van der Waals surface area contributed by atoms with E-state index in [4.69, 9.17) is 4.84 Å². The summed E-state index contributed by atoms with van der Waals surface area (Å²) in [6.45, 7) is 3.72. The van der Waals surface area contributed by atoms with E-state index in [1.807, 2.05) is 49.4 Å². The minimum absolute atomic E-state index is 0.0346. The Morgan fingerprint density at radius 1 is 0.667 bits per heavy atom. The molecule has 0 aliphatic heterocycles. The maximum absolute atomic E-state index is 12.7. The third-order valence-electron chi connectivity index (χ3n) is 6.14. The van der Waals surface area contributed by atoms with Crippen molar-refractivity contribution in [3.8, 4) is 0 Å². The Kier molecular flexibility index (Phi) is 8.38. The molecule has 0 bridgehead atoms. The molecule has 39 heavy (non-hydrogen) atoms. The Hall–Kier alpha value is -4.95. The molecule has 4 N–H and O–H groups in total. The van der Waals surface area contributed by atoms with Crippen LogP contribution in [0.1, 0.15) is 58.9 Å². The predicted molar refractivity (Wildman–Crippen MR) is 148 cm³/mol. The predicted octanol–water partition coefficient (Wildman–Crippen LogP) is 6.09.